The molecule has 0 bridgehead atoms. The average molecular weight is 267 g/mol. The summed E-state index contributed by atoms with van der Waals surface area (Å²) in [5.74, 6) is 0.0603. The van der Waals surface area contributed by atoms with E-state index in [0.29, 0.717) is 17.1 Å². The number of benzene rings is 1. The molecule has 1 aromatic rings. The number of likely N-dealkylation sites (tertiary alicyclic amines) is 1. The summed E-state index contributed by atoms with van der Waals surface area (Å²) in [6, 6.07) is 5.62. The molecule has 0 radical (unpaired) electrons. The second-order valence-corrected chi connectivity index (χ2v) is 5.28. The molecule has 0 aromatic heterocycles. The minimum atomic E-state index is 0.0603. The van der Waals surface area contributed by atoms with E-state index in [1.807, 2.05) is 24.0 Å². The minimum Gasteiger partial charge on any atom is -0.334 e. The van der Waals surface area contributed by atoms with E-state index in [-0.39, 0.29) is 11.9 Å². The highest BCUT2D eigenvalue weighted by atomic mass is 35.5. The zero-order chi connectivity index (χ0) is 13.1. The molecule has 0 spiro atoms. The number of carbonyl (C=O) groups is 1. The fraction of sp³-hybridized carbons (Fsp3) is 0.500. The predicted octanol–water partition coefficient (Wildman–Crippen LogP) is 2.60. The van der Waals surface area contributed by atoms with Gasteiger partial charge in [0.25, 0.3) is 5.91 Å². The third-order valence-electron chi connectivity index (χ3n) is 3.59. The number of halogens is 1. The van der Waals surface area contributed by atoms with Gasteiger partial charge >= 0.3 is 0 Å². The van der Waals surface area contributed by atoms with Gasteiger partial charge in [0.05, 0.1) is 0 Å². The summed E-state index contributed by atoms with van der Waals surface area (Å²) >= 11 is 5.97. The summed E-state index contributed by atoms with van der Waals surface area (Å²) in [5.41, 5.74) is 7.42. The molecule has 0 aliphatic carbocycles. The number of hydrogen-bond acceptors (Lipinski definition) is 2. The van der Waals surface area contributed by atoms with Crippen LogP contribution in [0.2, 0.25) is 5.02 Å². The fourth-order valence-electron chi connectivity index (χ4n) is 2.49. The molecular formula is C14H19ClN2O. The first kappa shape index (κ1) is 13.4. The van der Waals surface area contributed by atoms with Gasteiger partial charge in [-0.15, -0.1) is 0 Å². The van der Waals surface area contributed by atoms with Crippen LogP contribution in [0.5, 0.6) is 0 Å². The number of carbonyl (C=O) groups excluding carboxylic acids is 1. The number of nitrogens with two attached hydrogens (primary N) is 1. The van der Waals surface area contributed by atoms with Crippen LogP contribution in [-0.2, 0) is 0 Å². The van der Waals surface area contributed by atoms with Crippen molar-refractivity contribution in [3.05, 3.63) is 34.3 Å². The molecule has 1 aliphatic heterocycles. The fourth-order valence-corrected chi connectivity index (χ4v) is 2.66. The number of nitrogens with zero attached hydrogens (tertiary/aromatic N) is 1. The molecule has 1 aliphatic rings. The Morgan fingerprint density at radius 1 is 1.50 bits per heavy atom. The molecule has 3 nitrogen and oxygen atoms in total. The van der Waals surface area contributed by atoms with E-state index in [1.54, 1.807) is 6.07 Å². The van der Waals surface area contributed by atoms with Gasteiger partial charge in [0.2, 0.25) is 0 Å². The summed E-state index contributed by atoms with van der Waals surface area (Å²) in [5, 5.41) is 0.602. The Labute approximate surface area is 113 Å². The van der Waals surface area contributed by atoms with Gasteiger partial charge in [0, 0.05) is 29.7 Å². The van der Waals surface area contributed by atoms with Crippen molar-refractivity contribution in [2.45, 2.75) is 32.2 Å². The van der Waals surface area contributed by atoms with Crippen LogP contribution in [0.3, 0.4) is 0 Å². The zero-order valence-electron chi connectivity index (χ0n) is 10.7. The maximum Gasteiger partial charge on any atom is 0.254 e. The SMILES string of the molecule is Cc1ccc(Cl)cc1C(=O)N1CCCCC1CN. The van der Waals surface area contributed by atoms with Crippen LogP contribution in [0.15, 0.2) is 18.2 Å². The second kappa shape index (κ2) is 5.72. The van der Waals surface area contributed by atoms with Crippen molar-refractivity contribution in [1.29, 1.82) is 0 Å². The van der Waals surface area contributed by atoms with Gasteiger partial charge in [0.15, 0.2) is 0 Å². The van der Waals surface area contributed by atoms with Crippen LogP contribution in [-0.4, -0.2) is 29.9 Å². The lowest BCUT2D eigenvalue weighted by Gasteiger charge is -2.35. The molecule has 1 saturated heterocycles. The second-order valence-electron chi connectivity index (χ2n) is 4.84. The number of piperidine rings is 1. The van der Waals surface area contributed by atoms with Gasteiger partial charge in [-0.2, -0.15) is 0 Å². The van der Waals surface area contributed by atoms with E-state index < -0.39 is 0 Å². The Balaban J connectivity index is 2.26. The number of aryl methyl sites for hydroxylation is 1. The maximum atomic E-state index is 12.6. The molecule has 4 heteroatoms. The lowest BCUT2D eigenvalue weighted by molar-refractivity contribution is 0.0622. The van der Waals surface area contributed by atoms with Crippen molar-refractivity contribution in [3.8, 4) is 0 Å². The number of amides is 1. The molecule has 1 heterocycles. The highest BCUT2D eigenvalue weighted by Gasteiger charge is 2.27. The van der Waals surface area contributed by atoms with Crippen LogP contribution in [0, 0.1) is 6.92 Å². The Morgan fingerprint density at radius 2 is 2.28 bits per heavy atom. The van der Waals surface area contributed by atoms with Gasteiger partial charge in [-0.05, 0) is 43.9 Å². The quantitative estimate of drug-likeness (QED) is 0.894. The summed E-state index contributed by atoms with van der Waals surface area (Å²) in [4.78, 5) is 14.5. The lowest BCUT2D eigenvalue weighted by Crippen LogP contribution is -2.47. The van der Waals surface area contributed by atoms with Gasteiger partial charge in [-0.3, -0.25) is 4.79 Å². The molecule has 2 rings (SSSR count). The summed E-state index contributed by atoms with van der Waals surface area (Å²) in [6.45, 7) is 3.27. The third kappa shape index (κ3) is 2.68. The molecule has 0 saturated carbocycles. The van der Waals surface area contributed by atoms with Crippen molar-refractivity contribution in [1.82, 2.24) is 4.90 Å². The Morgan fingerprint density at radius 3 is 3.00 bits per heavy atom. The topological polar surface area (TPSA) is 46.3 Å². The van der Waals surface area contributed by atoms with E-state index in [1.165, 1.54) is 0 Å². The molecule has 18 heavy (non-hydrogen) atoms. The monoisotopic (exact) mass is 266 g/mol. The largest absolute Gasteiger partial charge is 0.334 e. The van der Waals surface area contributed by atoms with Gasteiger partial charge in [-0.1, -0.05) is 17.7 Å². The Bertz CT molecular complexity index is 447. The molecule has 98 valence electrons. The van der Waals surface area contributed by atoms with Crippen LogP contribution in [0.25, 0.3) is 0 Å². The first-order valence-corrected chi connectivity index (χ1v) is 6.78. The van der Waals surface area contributed by atoms with Crippen molar-refractivity contribution < 1.29 is 4.79 Å². The molecule has 1 aromatic carbocycles. The molecule has 1 fully saturated rings. The van der Waals surface area contributed by atoms with Crippen LogP contribution >= 0.6 is 11.6 Å². The molecule has 1 unspecified atom stereocenters. The zero-order valence-corrected chi connectivity index (χ0v) is 11.4. The molecule has 2 N–H and O–H groups in total. The minimum absolute atomic E-state index is 0.0603. The molecule has 1 atom stereocenters. The van der Waals surface area contributed by atoms with E-state index in [9.17, 15) is 4.79 Å². The van der Waals surface area contributed by atoms with Crippen LogP contribution < -0.4 is 5.73 Å². The first-order chi connectivity index (χ1) is 8.63. The Kier molecular flexibility index (Phi) is 4.25. The van der Waals surface area contributed by atoms with Crippen LogP contribution in [0.4, 0.5) is 0 Å². The highest BCUT2D eigenvalue weighted by molar-refractivity contribution is 6.31. The molecule has 1 amide bonds. The van der Waals surface area contributed by atoms with Crippen molar-refractivity contribution in [3.63, 3.8) is 0 Å². The normalized spacial score (nSPS) is 19.9. The van der Waals surface area contributed by atoms with E-state index in [2.05, 4.69) is 0 Å². The van der Waals surface area contributed by atoms with Crippen molar-refractivity contribution in [2.24, 2.45) is 5.73 Å². The Hall–Kier alpha value is -1.06. The highest BCUT2D eigenvalue weighted by Crippen LogP contribution is 2.22. The smallest absolute Gasteiger partial charge is 0.254 e. The first-order valence-electron chi connectivity index (χ1n) is 6.40. The number of hydrogen-bond donors (Lipinski definition) is 1. The third-order valence-corrected chi connectivity index (χ3v) is 3.83. The predicted molar refractivity (Wildman–Crippen MR) is 73.9 cm³/mol. The van der Waals surface area contributed by atoms with Crippen molar-refractivity contribution in [2.75, 3.05) is 13.1 Å². The van der Waals surface area contributed by atoms with Crippen molar-refractivity contribution >= 4 is 17.5 Å². The average Bonchev–Trinajstić information content (AvgIpc) is 2.40. The number of rotatable bonds is 2. The van der Waals surface area contributed by atoms with E-state index >= 15 is 0 Å². The summed E-state index contributed by atoms with van der Waals surface area (Å²) in [6.07, 6.45) is 3.21. The lowest BCUT2D eigenvalue weighted by atomic mass is 9.99. The van der Waals surface area contributed by atoms with Gasteiger partial charge in [0.1, 0.15) is 0 Å². The van der Waals surface area contributed by atoms with E-state index in [4.69, 9.17) is 17.3 Å². The van der Waals surface area contributed by atoms with E-state index in [0.717, 1.165) is 31.4 Å². The maximum absolute atomic E-state index is 12.6. The summed E-state index contributed by atoms with van der Waals surface area (Å²) in [7, 11) is 0. The van der Waals surface area contributed by atoms with Gasteiger partial charge in [-0.25, -0.2) is 0 Å². The summed E-state index contributed by atoms with van der Waals surface area (Å²) < 4.78 is 0. The van der Waals surface area contributed by atoms with Gasteiger partial charge < -0.3 is 10.6 Å². The standard InChI is InChI=1S/C14H19ClN2O/c1-10-5-6-11(15)8-13(10)14(18)17-7-3-2-4-12(17)9-16/h5-6,8,12H,2-4,7,9,16H2,1H3. The molecular weight excluding hydrogens is 248 g/mol. The van der Waals surface area contributed by atoms with Crippen LogP contribution in [0.1, 0.15) is 35.2 Å².